The van der Waals surface area contributed by atoms with Crippen molar-refractivity contribution < 1.29 is 0 Å². The highest BCUT2D eigenvalue weighted by molar-refractivity contribution is 9.09. The highest BCUT2D eigenvalue weighted by atomic mass is 79.9. The van der Waals surface area contributed by atoms with E-state index >= 15 is 0 Å². The van der Waals surface area contributed by atoms with Crippen LogP contribution in [-0.4, -0.2) is 0 Å². The third-order valence-electron chi connectivity index (χ3n) is 2.13. The van der Waals surface area contributed by atoms with E-state index in [1.54, 1.807) is 0 Å². The van der Waals surface area contributed by atoms with Crippen LogP contribution in [0.5, 0.6) is 0 Å². The van der Waals surface area contributed by atoms with E-state index in [2.05, 4.69) is 66.2 Å². The number of hydrogen-bond donors (Lipinski definition) is 0. The summed E-state index contributed by atoms with van der Waals surface area (Å²) in [7, 11) is 0. The van der Waals surface area contributed by atoms with E-state index < -0.39 is 0 Å². The van der Waals surface area contributed by atoms with Gasteiger partial charge in [0.2, 0.25) is 0 Å². The molecule has 1 aromatic carbocycles. The summed E-state index contributed by atoms with van der Waals surface area (Å²) in [4.78, 5) is 0.485. The van der Waals surface area contributed by atoms with Gasteiger partial charge in [-0.1, -0.05) is 57.9 Å². The van der Waals surface area contributed by atoms with Crippen LogP contribution < -0.4 is 0 Å². The number of hydrogen-bond acceptors (Lipinski definition) is 0. The summed E-state index contributed by atoms with van der Waals surface area (Å²) in [6, 6.07) is 10.6. The molecule has 0 amide bonds. The van der Waals surface area contributed by atoms with E-state index in [1.165, 1.54) is 11.1 Å². The maximum absolute atomic E-state index is 3.71. The lowest BCUT2D eigenvalue weighted by Gasteiger charge is -2.08. The molecule has 0 heterocycles. The topological polar surface area (TPSA) is 0 Å². The molecule has 1 heteroatoms. The monoisotopic (exact) mass is 252 g/mol. The van der Waals surface area contributed by atoms with Crippen molar-refractivity contribution in [3.05, 3.63) is 47.5 Å². The Morgan fingerprint density at radius 3 is 2.50 bits per heavy atom. The van der Waals surface area contributed by atoms with Gasteiger partial charge in [-0.3, -0.25) is 0 Å². The molecule has 0 aliphatic carbocycles. The maximum Gasteiger partial charge on any atom is 0.0398 e. The maximum atomic E-state index is 3.71. The predicted molar refractivity (Wildman–Crippen MR) is 66.8 cm³/mol. The van der Waals surface area contributed by atoms with Crippen LogP contribution >= 0.6 is 15.9 Å². The summed E-state index contributed by atoms with van der Waals surface area (Å²) in [6.45, 7) is 4.29. The zero-order valence-corrected chi connectivity index (χ0v) is 10.4. The molecule has 0 spiro atoms. The molecule has 0 N–H and O–H groups in total. The van der Waals surface area contributed by atoms with Crippen LogP contribution in [0.2, 0.25) is 0 Å². The lowest BCUT2D eigenvalue weighted by Crippen LogP contribution is -1.88. The van der Waals surface area contributed by atoms with Crippen molar-refractivity contribution in [1.29, 1.82) is 0 Å². The molecule has 1 atom stereocenters. The van der Waals surface area contributed by atoms with E-state index in [0.717, 1.165) is 12.8 Å². The first-order chi connectivity index (χ1) is 6.70. The van der Waals surface area contributed by atoms with Crippen LogP contribution in [0.25, 0.3) is 0 Å². The fourth-order valence-corrected chi connectivity index (χ4v) is 1.92. The Hall–Kier alpha value is -0.560. The molecule has 0 saturated heterocycles. The SMILES string of the molecule is CC(C)=CCCC(Br)c1ccccc1. The minimum atomic E-state index is 0.485. The third-order valence-corrected chi connectivity index (χ3v) is 3.12. The number of alkyl halides is 1. The Morgan fingerprint density at radius 1 is 1.29 bits per heavy atom. The normalized spacial score (nSPS) is 12.2. The van der Waals surface area contributed by atoms with Crippen molar-refractivity contribution in [2.75, 3.05) is 0 Å². The number of rotatable bonds is 4. The van der Waals surface area contributed by atoms with E-state index in [1.807, 2.05) is 0 Å². The predicted octanol–water partition coefficient (Wildman–Crippen LogP) is 4.87. The van der Waals surface area contributed by atoms with Gasteiger partial charge in [0.1, 0.15) is 0 Å². The van der Waals surface area contributed by atoms with Crippen molar-refractivity contribution in [3.8, 4) is 0 Å². The Labute approximate surface area is 95.2 Å². The second kappa shape index (κ2) is 6.02. The number of benzene rings is 1. The molecule has 0 aliphatic rings. The summed E-state index contributed by atoms with van der Waals surface area (Å²) in [5, 5.41) is 0. The van der Waals surface area contributed by atoms with Crippen molar-refractivity contribution in [2.24, 2.45) is 0 Å². The van der Waals surface area contributed by atoms with E-state index in [-0.39, 0.29) is 0 Å². The quantitative estimate of drug-likeness (QED) is 0.530. The molecule has 0 aliphatic heterocycles. The van der Waals surface area contributed by atoms with Gasteiger partial charge >= 0.3 is 0 Å². The second-order valence-corrected chi connectivity index (χ2v) is 4.84. The molecule has 1 rings (SSSR count). The molecule has 0 fully saturated rings. The largest absolute Gasteiger partial charge is 0.0858 e. The lowest BCUT2D eigenvalue weighted by atomic mass is 10.1. The van der Waals surface area contributed by atoms with Crippen molar-refractivity contribution in [3.63, 3.8) is 0 Å². The van der Waals surface area contributed by atoms with Crippen LogP contribution in [0.3, 0.4) is 0 Å². The minimum Gasteiger partial charge on any atom is -0.0858 e. The van der Waals surface area contributed by atoms with Gasteiger partial charge in [0.25, 0.3) is 0 Å². The Morgan fingerprint density at radius 2 is 1.93 bits per heavy atom. The average molecular weight is 253 g/mol. The molecule has 0 nitrogen and oxygen atoms in total. The van der Waals surface area contributed by atoms with E-state index in [9.17, 15) is 0 Å². The summed E-state index contributed by atoms with van der Waals surface area (Å²) in [5.74, 6) is 0. The van der Waals surface area contributed by atoms with Crippen molar-refractivity contribution in [2.45, 2.75) is 31.5 Å². The van der Waals surface area contributed by atoms with Crippen LogP contribution in [-0.2, 0) is 0 Å². The van der Waals surface area contributed by atoms with Gasteiger partial charge in [0.15, 0.2) is 0 Å². The average Bonchev–Trinajstić information content (AvgIpc) is 2.18. The number of halogens is 1. The highest BCUT2D eigenvalue weighted by Crippen LogP contribution is 2.27. The number of allylic oxidation sites excluding steroid dienone is 2. The zero-order chi connectivity index (χ0) is 10.4. The first-order valence-corrected chi connectivity index (χ1v) is 5.94. The Balaban J connectivity index is 2.43. The molecule has 0 bridgehead atoms. The fourth-order valence-electron chi connectivity index (χ4n) is 1.35. The van der Waals surface area contributed by atoms with Crippen LogP contribution in [0.1, 0.15) is 37.1 Å². The van der Waals surface area contributed by atoms with Gasteiger partial charge < -0.3 is 0 Å². The van der Waals surface area contributed by atoms with Crippen LogP contribution in [0.15, 0.2) is 42.0 Å². The van der Waals surface area contributed by atoms with Crippen LogP contribution in [0, 0.1) is 0 Å². The Bertz CT molecular complexity index is 283. The van der Waals surface area contributed by atoms with Gasteiger partial charge in [-0.25, -0.2) is 0 Å². The van der Waals surface area contributed by atoms with Gasteiger partial charge in [-0.15, -0.1) is 0 Å². The molecule has 14 heavy (non-hydrogen) atoms. The first kappa shape index (κ1) is 11.5. The molecule has 0 aromatic heterocycles. The molecule has 76 valence electrons. The smallest absolute Gasteiger partial charge is 0.0398 e. The molecule has 1 aromatic rings. The van der Waals surface area contributed by atoms with Gasteiger partial charge in [-0.2, -0.15) is 0 Å². The van der Waals surface area contributed by atoms with Crippen molar-refractivity contribution >= 4 is 15.9 Å². The van der Waals surface area contributed by atoms with Gasteiger partial charge in [0.05, 0.1) is 0 Å². The fraction of sp³-hybridized carbons (Fsp3) is 0.385. The van der Waals surface area contributed by atoms with Gasteiger partial charge in [0, 0.05) is 4.83 Å². The molecule has 1 unspecified atom stereocenters. The lowest BCUT2D eigenvalue weighted by molar-refractivity contribution is 0.830. The van der Waals surface area contributed by atoms with Crippen molar-refractivity contribution in [1.82, 2.24) is 0 Å². The summed E-state index contributed by atoms with van der Waals surface area (Å²) < 4.78 is 0. The van der Waals surface area contributed by atoms with Crippen LogP contribution in [0.4, 0.5) is 0 Å². The van der Waals surface area contributed by atoms with E-state index in [0.29, 0.717) is 4.83 Å². The third kappa shape index (κ3) is 4.10. The molecule has 0 radical (unpaired) electrons. The molecule has 0 saturated carbocycles. The highest BCUT2D eigenvalue weighted by Gasteiger charge is 2.04. The second-order valence-electron chi connectivity index (χ2n) is 3.74. The summed E-state index contributed by atoms with van der Waals surface area (Å²) >= 11 is 3.71. The minimum absolute atomic E-state index is 0.485. The first-order valence-electron chi connectivity index (χ1n) is 5.02. The Kier molecular flexibility index (Phi) is 4.95. The zero-order valence-electron chi connectivity index (χ0n) is 8.83. The van der Waals surface area contributed by atoms with E-state index in [4.69, 9.17) is 0 Å². The molecular weight excluding hydrogens is 236 g/mol. The molecular formula is C13H17Br. The van der Waals surface area contributed by atoms with Gasteiger partial charge in [-0.05, 0) is 32.3 Å². The standard InChI is InChI=1S/C13H17Br/c1-11(2)7-6-10-13(14)12-8-4-3-5-9-12/h3-5,7-9,13H,6,10H2,1-2H3. The summed E-state index contributed by atoms with van der Waals surface area (Å²) in [6.07, 6.45) is 4.60. The summed E-state index contributed by atoms with van der Waals surface area (Å²) in [5.41, 5.74) is 2.77.